The Labute approximate surface area is 121 Å². The smallest absolute Gasteiger partial charge is 0.316 e. The number of benzene rings is 1. The number of nitrogens with one attached hydrogen (secondary N) is 1. The summed E-state index contributed by atoms with van der Waals surface area (Å²) in [5, 5.41) is 1.60. The summed E-state index contributed by atoms with van der Waals surface area (Å²) >= 11 is 5.46. The van der Waals surface area contributed by atoms with Crippen LogP contribution in [0.5, 0.6) is 0 Å². The highest BCUT2D eigenvalue weighted by Gasteiger charge is 2.59. The molecule has 1 rings (SSSR count). The van der Waals surface area contributed by atoms with Crippen LogP contribution in [0.3, 0.4) is 0 Å². The Morgan fingerprint density at radius 1 is 1.10 bits per heavy atom. The van der Waals surface area contributed by atoms with E-state index >= 15 is 0 Å². The van der Waals surface area contributed by atoms with Crippen LogP contribution < -0.4 is 5.32 Å². The second-order valence-corrected chi connectivity index (χ2v) is 4.78. The van der Waals surface area contributed by atoms with Crippen molar-refractivity contribution in [1.29, 1.82) is 0 Å². The zero-order chi connectivity index (χ0) is 16.4. The maximum atomic E-state index is 13.6. The molecular formula is C12H11ClF7N. The van der Waals surface area contributed by atoms with Crippen molar-refractivity contribution in [2.45, 2.75) is 24.8 Å². The van der Waals surface area contributed by atoms with Crippen molar-refractivity contribution in [3.63, 3.8) is 0 Å². The highest BCUT2D eigenvalue weighted by atomic mass is 35.5. The Hall–Kier alpha value is -1.02. The van der Waals surface area contributed by atoms with Gasteiger partial charge >= 0.3 is 12.4 Å². The number of hydrogen-bond acceptors (Lipinski definition) is 1. The molecule has 9 heteroatoms. The minimum Gasteiger partial charge on any atom is -0.316 e. The van der Waals surface area contributed by atoms with Gasteiger partial charge in [0.05, 0.1) is 5.02 Å². The predicted octanol–water partition coefficient (Wildman–Crippen LogP) is 4.35. The zero-order valence-corrected chi connectivity index (χ0v) is 11.4. The van der Waals surface area contributed by atoms with Crippen LogP contribution in [0, 0.1) is 11.7 Å². The first-order chi connectivity index (χ1) is 9.48. The third-order valence-electron chi connectivity index (χ3n) is 2.95. The van der Waals surface area contributed by atoms with Crippen molar-refractivity contribution in [2.24, 2.45) is 5.92 Å². The average molecular weight is 338 g/mol. The van der Waals surface area contributed by atoms with Gasteiger partial charge in [-0.05, 0) is 25.1 Å². The van der Waals surface area contributed by atoms with Crippen LogP contribution in [0.25, 0.3) is 0 Å². The normalized spacial score (nSPS) is 14.6. The van der Waals surface area contributed by atoms with E-state index in [9.17, 15) is 30.7 Å². The van der Waals surface area contributed by atoms with Gasteiger partial charge in [-0.25, -0.2) is 4.39 Å². The molecule has 0 bridgehead atoms. The minimum atomic E-state index is -5.50. The van der Waals surface area contributed by atoms with E-state index in [2.05, 4.69) is 0 Å². The van der Waals surface area contributed by atoms with Gasteiger partial charge in [0.2, 0.25) is 0 Å². The molecule has 0 heterocycles. The molecule has 1 aromatic rings. The lowest BCUT2D eigenvalue weighted by Crippen LogP contribution is -2.51. The molecule has 1 nitrogen and oxygen atoms in total. The molecule has 0 saturated heterocycles. The molecule has 21 heavy (non-hydrogen) atoms. The number of hydrogen-bond donors (Lipinski definition) is 1. The Balaban J connectivity index is 3.14. The van der Waals surface area contributed by atoms with Crippen molar-refractivity contribution in [3.8, 4) is 0 Å². The molecule has 1 N–H and O–H groups in total. The van der Waals surface area contributed by atoms with E-state index < -0.39 is 36.6 Å². The SMILES string of the molecule is CNC(Cc1cccc(Cl)c1F)C(C(F)(F)F)C(F)(F)F. The van der Waals surface area contributed by atoms with E-state index in [1.165, 1.54) is 6.07 Å². The number of rotatable bonds is 4. The average Bonchev–Trinajstić information content (AvgIpc) is 2.30. The molecule has 0 fully saturated rings. The molecule has 0 aliphatic rings. The summed E-state index contributed by atoms with van der Waals surface area (Å²) in [6.07, 6.45) is -11.8. The molecule has 1 atom stereocenters. The standard InChI is InChI=1S/C12H11ClF7N/c1-21-8(10(11(15,16)17)12(18,19)20)5-6-3-2-4-7(13)9(6)14/h2-4,8,10,21H,5H2,1H3. The van der Waals surface area contributed by atoms with Crippen molar-refractivity contribution < 1.29 is 30.7 Å². The van der Waals surface area contributed by atoms with Crippen LogP contribution in [0.2, 0.25) is 5.02 Å². The molecule has 0 amide bonds. The van der Waals surface area contributed by atoms with Crippen LogP contribution in [0.4, 0.5) is 30.7 Å². The van der Waals surface area contributed by atoms with Crippen LogP contribution in [-0.2, 0) is 6.42 Å². The van der Waals surface area contributed by atoms with Crippen LogP contribution in [0.15, 0.2) is 18.2 Å². The molecule has 0 aliphatic heterocycles. The second-order valence-electron chi connectivity index (χ2n) is 4.37. The summed E-state index contributed by atoms with van der Waals surface area (Å²) in [6, 6.07) is 1.44. The summed E-state index contributed by atoms with van der Waals surface area (Å²) in [4.78, 5) is 0. The molecule has 0 aliphatic carbocycles. The highest BCUT2D eigenvalue weighted by molar-refractivity contribution is 6.30. The molecule has 0 spiro atoms. The first-order valence-corrected chi connectivity index (χ1v) is 6.09. The lowest BCUT2D eigenvalue weighted by Gasteiger charge is -2.30. The molecule has 0 saturated carbocycles. The Morgan fingerprint density at radius 3 is 2.05 bits per heavy atom. The van der Waals surface area contributed by atoms with Crippen LogP contribution in [-0.4, -0.2) is 25.4 Å². The fourth-order valence-electron chi connectivity index (χ4n) is 1.97. The Kier molecular flexibility index (Phi) is 5.49. The van der Waals surface area contributed by atoms with Crippen molar-refractivity contribution in [3.05, 3.63) is 34.6 Å². The zero-order valence-electron chi connectivity index (χ0n) is 10.6. The monoisotopic (exact) mass is 337 g/mol. The van der Waals surface area contributed by atoms with E-state index in [1.807, 2.05) is 5.32 Å². The quantitative estimate of drug-likeness (QED) is 0.805. The van der Waals surface area contributed by atoms with E-state index in [1.54, 1.807) is 0 Å². The van der Waals surface area contributed by atoms with Crippen molar-refractivity contribution >= 4 is 11.6 Å². The largest absolute Gasteiger partial charge is 0.402 e. The Morgan fingerprint density at radius 2 is 1.62 bits per heavy atom. The van der Waals surface area contributed by atoms with E-state index in [-0.39, 0.29) is 10.6 Å². The Bertz CT molecular complexity index is 469. The molecule has 1 unspecified atom stereocenters. The molecule has 0 radical (unpaired) electrons. The van der Waals surface area contributed by atoms with Gasteiger partial charge < -0.3 is 5.32 Å². The van der Waals surface area contributed by atoms with Gasteiger partial charge in [-0.1, -0.05) is 23.7 Å². The topological polar surface area (TPSA) is 12.0 Å². The van der Waals surface area contributed by atoms with Crippen LogP contribution in [0.1, 0.15) is 5.56 Å². The number of halogens is 8. The number of likely N-dealkylation sites (N-methyl/N-ethyl adjacent to an activating group) is 1. The fourth-order valence-corrected chi connectivity index (χ4v) is 2.17. The molecule has 0 aromatic heterocycles. The maximum absolute atomic E-state index is 13.6. The summed E-state index contributed by atoms with van der Waals surface area (Å²) in [7, 11) is 0.956. The highest BCUT2D eigenvalue weighted by Crippen LogP contribution is 2.42. The van der Waals surface area contributed by atoms with E-state index in [4.69, 9.17) is 11.6 Å². The first-order valence-electron chi connectivity index (χ1n) is 5.72. The third kappa shape index (κ3) is 4.47. The summed E-state index contributed by atoms with van der Waals surface area (Å²) in [5.41, 5.74) is -0.319. The minimum absolute atomic E-state index is 0.319. The van der Waals surface area contributed by atoms with Gasteiger partial charge in [-0.15, -0.1) is 0 Å². The lowest BCUT2D eigenvalue weighted by molar-refractivity contribution is -0.291. The van der Waals surface area contributed by atoms with Crippen LogP contribution >= 0.6 is 11.6 Å². The third-order valence-corrected chi connectivity index (χ3v) is 3.24. The second kappa shape index (κ2) is 6.39. The van der Waals surface area contributed by atoms with Crippen molar-refractivity contribution in [2.75, 3.05) is 7.05 Å². The molecule has 1 aromatic carbocycles. The predicted molar refractivity (Wildman–Crippen MR) is 63.6 cm³/mol. The van der Waals surface area contributed by atoms with Gasteiger partial charge in [-0.3, -0.25) is 0 Å². The summed E-state index contributed by atoms with van der Waals surface area (Å²) in [5.74, 6) is -4.63. The summed E-state index contributed by atoms with van der Waals surface area (Å²) < 4.78 is 89.6. The lowest BCUT2D eigenvalue weighted by atomic mass is 9.92. The maximum Gasteiger partial charge on any atom is 0.402 e. The molecule has 120 valence electrons. The van der Waals surface area contributed by atoms with Gasteiger partial charge in [0, 0.05) is 6.04 Å². The van der Waals surface area contributed by atoms with Gasteiger partial charge in [-0.2, -0.15) is 26.3 Å². The molecular weight excluding hydrogens is 327 g/mol. The first kappa shape index (κ1) is 18.0. The van der Waals surface area contributed by atoms with Gasteiger partial charge in [0.1, 0.15) is 5.82 Å². The van der Waals surface area contributed by atoms with Gasteiger partial charge in [0.25, 0.3) is 0 Å². The fraction of sp³-hybridized carbons (Fsp3) is 0.500. The number of alkyl halides is 6. The van der Waals surface area contributed by atoms with E-state index in [0.717, 1.165) is 19.2 Å². The summed E-state index contributed by atoms with van der Waals surface area (Å²) in [6.45, 7) is 0. The van der Waals surface area contributed by atoms with E-state index in [0.29, 0.717) is 0 Å². The van der Waals surface area contributed by atoms with Crippen molar-refractivity contribution in [1.82, 2.24) is 5.32 Å². The van der Waals surface area contributed by atoms with Gasteiger partial charge in [0.15, 0.2) is 5.92 Å².